The molecule has 1 N–H and O–H groups in total. The van der Waals surface area contributed by atoms with E-state index in [0.717, 1.165) is 42.8 Å². The number of furan rings is 1. The highest BCUT2D eigenvalue weighted by molar-refractivity contribution is 6.33. The number of esters is 1. The highest BCUT2D eigenvalue weighted by Gasteiger charge is 2.32. The molecule has 190 valence electrons. The number of fused-ring (bicyclic) bond motifs is 2. The fourth-order valence-electron chi connectivity index (χ4n) is 4.51. The third kappa shape index (κ3) is 5.34. The normalized spacial score (nSPS) is 13.8. The summed E-state index contributed by atoms with van der Waals surface area (Å²) in [5.41, 5.74) is 2.91. The molecular weight excluding hydrogens is 507 g/mol. The minimum Gasteiger partial charge on any atom is -0.464 e. The second kappa shape index (κ2) is 9.94. The standard InChI is InChI=1S/C28H21ClF3NO4/c29-22-10-9-20(28(30,31)32)14-23(22)33-27(35)26(16-5-2-1-3-6-16)37-25(34)13-19-15-36-24-12-18-8-4-7-17(18)11-21(19)24/h1-3,5-6,9-12,14-15,26H,4,7-8,13H2,(H,33,35). The fraction of sp³-hybridized carbons (Fsp3) is 0.214. The van der Waals surface area contributed by atoms with E-state index in [9.17, 15) is 22.8 Å². The smallest absolute Gasteiger partial charge is 0.416 e. The van der Waals surface area contributed by atoms with E-state index in [1.165, 1.54) is 17.4 Å². The molecule has 1 unspecified atom stereocenters. The van der Waals surface area contributed by atoms with Gasteiger partial charge in [0.2, 0.25) is 6.10 Å². The van der Waals surface area contributed by atoms with Crippen LogP contribution in [0.15, 0.2) is 71.3 Å². The number of rotatable bonds is 6. The monoisotopic (exact) mass is 527 g/mol. The summed E-state index contributed by atoms with van der Waals surface area (Å²) < 4.78 is 50.7. The summed E-state index contributed by atoms with van der Waals surface area (Å²) in [7, 11) is 0. The van der Waals surface area contributed by atoms with Crippen LogP contribution in [0.3, 0.4) is 0 Å². The molecule has 5 rings (SSSR count). The third-order valence-corrected chi connectivity index (χ3v) is 6.67. The predicted octanol–water partition coefficient (Wildman–Crippen LogP) is 7.06. The van der Waals surface area contributed by atoms with Crippen molar-refractivity contribution in [1.82, 2.24) is 0 Å². The van der Waals surface area contributed by atoms with Crippen molar-refractivity contribution < 1.29 is 31.9 Å². The van der Waals surface area contributed by atoms with Crippen molar-refractivity contribution in [2.24, 2.45) is 0 Å². The van der Waals surface area contributed by atoms with Gasteiger partial charge in [-0.3, -0.25) is 9.59 Å². The van der Waals surface area contributed by atoms with E-state index in [4.69, 9.17) is 20.8 Å². The molecule has 0 spiro atoms. The molecule has 0 bridgehead atoms. The molecular formula is C28H21ClF3NO4. The van der Waals surface area contributed by atoms with E-state index in [0.29, 0.717) is 16.7 Å². The number of amides is 1. The topological polar surface area (TPSA) is 68.5 Å². The van der Waals surface area contributed by atoms with Crippen LogP contribution in [-0.4, -0.2) is 11.9 Å². The molecule has 1 heterocycles. The molecule has 3 aromatic carbocycles. The van der Waals surface area contributed by atoms with Gasteiger partial charge >= 0.3 is 12.1 Å². The molecule has 1 aliphatic rings. The number of hydrogen-bond acceptors (Lipinski definition) is 4. The lowest BCUT2D eigenvalue weighted by Crippen LogP contribution is -2.26. The van der Waals surface area contributed by atoms with Crippen molar-refractivity contribution in [2.45, 2.75) is 38.0 Å². The first-order valence-electron chi connectivity index (χ1n) is 11.6. The highest BCUT2D eigenvalue weighted by atomic mass is 35.5. The third-order valence-electron chi connectivity index (χ3n) is 6.34. The minimum atomic E-state index is -4.62. The predicted molar refractivity (Wildman–Crippen MR) is 132 cm³/mol. The summed E-state index contributed by atoms with van der Waals surface area (Å²) in [5.74, 6) is -1.53. The molecule has 1 atom stereocenters. The first-order valence-corrected chi connectivity index (χ1v) is 12.0. The van der Waals surface area contributed by atoms with Gasteiger partial charge in [-0.05, 0) is 60.7 Å². The summed E-state index contributed by atoms with van der Waals surface area (Å²) in [4.78, 5) is 26.1. The van der Waals surface area contributed by atoms with Crippen molar-refractivity contribution in [2.75, 3.05) is 5.32 Å². The highest BCUT2D eigenvalue weighted by Crippen LogP contribution is 2.35. The number of halogens is 4. The molecule has 0 saturated carbocycles. The molecule has 1 aliphatic carbocycles. The molecule has 9 heteroatoms. The zero-order valence-electron chi connectivity index (χ0n) is 19.4. The number of carbonyl (C=O) groups is 2. The lowest BCUT2D eigenvalue weighted by Gasteiger charge is -2.19. The number of hydrogen-bond donors (Lipinski definition) is 1. The molecule has 0 aliphatic heterocycles. The fourth-order valence-corrected chi connectivity index (χ4v) is 4.67. The van der Waals surface area contributed by atoms with Gasteiger partial charge in [0.05, 0.1) is 29.0 Å². The van der Waals surface area contributed by atoms with Crippen molar-refractivity contribution in [3.05, 3.63) is 99.8 Å². The van der Waals surface area contributed by atoms with Crippen LogP contribution in [0, 0.1) is 0 Å². The van der Waals surface area contributed by atoms with Crippen LogP contribution in [0.5, 0.6) is 0 Å². The van der Waals surface area contributed by atoms with Gasteiger partial charge in [-0.2, -0.15) is 13.2 Å². The van der Waals surface area contributed by atoms with Gasteiger partial charge < -0.3 is 14.5 Å². The van der Waals surface area contributed by atoms with Gasteiger partial charge in [-0.15, -0.1) is 0 Å². The second-order valence-corrected chi connectivity index (χ2v) is 9.28. The van der Waals surface area contributed by atoms with Gasteiger partial charge in [0.25, 0.3) is 5.91 Å². The zero-order valence-corrected chi connectivity index (χ0v) is 20.2. The molecule has 37 heavy (non-hydrogen) atoms. The average Bonchev–Trinajstić information content (AvgIpc) is 3.48. The zero-order chi connectivity index (χ0) is 26.2. The number of alkyl halides is 3. The van der Waals surface area contributed by atoms with Gasteiger partial charge in [-0.25, -0.2) is 0 Å². The Morgan fingerprint density at radius 1 is 1.03 bits per heavy atom. The van der Waals surface area contributed by atoms with E-state index < -0.39 is 29.7 Å². The van der Waals surface area contributed by atoms with Crippen LogP contribution >= 0.6 is 11.6 Å². The van der Waals surface area contributed by atoms with Gasteiger partial charge in [0.15, 0.2) is 0 Å². The van der Waals surface area contributed by atoms with Crippen molar-refractivity contribution in [3.63, 3.8) is 0 Å². The molecule has 0 fully saturated rings. The quantitative estimate of drug-likeness (QED) is 0.273. The van der Waals surface area contributed by atoms with E-state index in [-0.39, 0.29) is 17.1 Å². The summed E-state index contributed by atoms with van der Waals surface area (Å²) >= 11 is 6.04. The van der Waals surface area contributed by atoms with Crippen LogP contribution in [0.2, 0.25) is 5.02 Å². The number of carbonyl (C=O) groups excluding carboxylic acids is 2. The average molecular weight is 528 g/mol. The maximum absolute atomic E-state index is 13.2. The van der Waals surface area contributed by atoms with Gasteiger partial charge in [0, 0.05) is 16.5 Å². The van der Waals surface area contributed by atoms with E-state index in [2.05, 4.69) is 5.32 Å². The molecule has 0 radical (unpaired) electrons. The maximum Gasteiger partial charge on any atom is 0.416 e. The molecule has 5 nitrogen and oxygen atoms in total. The van der Waals surface area contributed by atoms with Crippen LogP contribution in [-0.2, 0) is 39.8 Å². The van der Waals surface area contributed by atoms with Crippen LogP contribution < -0.4 is 5.32 Å². The SMILES string of the molecule is O=C(Cc1coc2cc3c(cc12)CCC3)OC(C(=O)Nc1cc(C(F)(F)F)ccc1Cl)c1ccccc1. The Kier molecular flexibility index (Phi) is 6.69. The summed E-state index contributed by atoms with van der Waals surface area (Å²) in [6, 6.07) is 14.8. The second-order valence-electron chi connectivity index (χ2n) is 8.87. The number of ether oxygens (including phenoxy) is 1. The van der Waals surface area contributed by atoms with Gasteiger partial charge in [0.1, 0.15) is 5.58 Å². The Morgan fingerprint density at radius 3 is 2.49 bits per heavy atom. The summed E-state index contributed by atoms with van der Waals surface area (Å²) in [6.07, 6.45) is -1.65. The summed E-state index contributed by atoms with van der Waals surface area (Å²) in [5, 5.41) is 3.10. The number of benzene rings is 3. The largest absolute Gasteiger partial charge is 0.464 e. The van der Waals surface area contributed by atoms with Gasteiger partial charge in [-0.1, -0.05) is 41.9 Å². The Bertz CT molecular complexity index is 1480. The van der Waals surface area contributed by atoms with E-state index in [1.807, 2.05) is 12.1 Å². The first-order chi connectivity index (χ1) is 17.7. The molecule has 1 amide bonds. The van der Waals surface area contributed by atoms with Crippen molar-refractivity contribution >= 4 is 40.1 Å². The maximum atomic E-state index is 13.2. The Balaban J connectivity index is 1.38. The van der Waals surface area contributed by atoms with E-state index >= 15 is 0 Å². The Labute approximate surface area is 215 Å². The molecule has 1 aromatic heterocycles. The van der Waals surface area contributed by atoms with E-state index in [1.54, 1.807) is 30.3 Å². The number of anilines is 1. The first kappa shape index (κ1) is 24.9. The molecule has 4 aromatic rings. The lowest BCUT2D eigenvalue weighted by atomic mass is 10.0. The Hall–Kier alpha value is -3.78. The molecule has 0 saturated heterocycles. The minimum absolute atomic E-state index is 0.0862. The lowest BCUT2D eigenvalue weighted by molar-refractivity contribution is -0.154. The van der Waals surface area contributed by atoms with Crippen LogP contribution in [0.25, 0.3) is 11.0 Å². The number of nitrogens with one attached hydrogen (secondary N) is 1. The number of aryl methyl sites for hydroxylation is 2. The van der Waals surface area contributed by atoms with Crippen molar-refractivity contribution in [3.8, 4) is 0 Å². The van der Waals surface area contributed by atoms with Crippen LogP contribution in [0.4, 0.5) is 18.9 Å². The Morgan fingerprint density at radius 2 is 1.76 bits per heavy atom. The van der Waals surface area contributed by atoms with Crippen molar-refractivity contribution in [1.29, 1.82) is 0 Å². The van der Waals surface area contributed by atoms with Crippen LogP contribution in [0.1, 0.15) is 40.3 Å². The summed E-state index contributed by atoms with van der Waals surface area (Å²) in [6.45, 7) is 0.